The lowest BCUT2D eigenvalue weighted by atomic mass is 9.76. The summed E-state index contributed by atoms with van der Waals surface area (Å²) in [5.74, 6) is -6.12. The van der Waals surface area contributed by atoms with Crippen LogP contribution in [0.4, 0.5) is 45.5 Å². The van der Waals surface area contributed by atoms with Gasteiger partial charge in [0.15, 0.2) is 11.6 Å². The zero-order valence-corrected chi connectivity index (χ0v) is 45.3. The van der Waals surface area contributed by atoms with Crippen molar-refractivity contribution in [3.05, 3.63) is 138 Å². The van der Waals surface area contributed by atoms with Crippen LogP contribution < -0.4 is 31.3 Å². The van der Waals surface area contributed by atoms with E-state index in [1.807, 2.05) is 27.7 Å². The van der Waals surface area contributed by atoms with Gasteiger partial charge in [-0.3, -0.25) is 75.0 Å². The third kappa shape index (κ3) is 16.0. The van der Waals surface area contributed by atoms with Gasteiger partial charge in [0.25, 0.3) is 32.9 Å². The lowest BCUT2D eigenvalue weighted by Gasteiger charge is -2.36. The van der Waals surface area contributed by atoms with Crippen molar-refractivity contribution in [1.82, 2.24) is 10.9 Å². The van der Waals surface area contributed by atoms with E-state index in [0.717, 1.165) is 25.7 Å². The van der Waals surface area contributed by atoms with Crippen LogP contribution in [0, 0.1) is 58.2 Å². The van der Waals surface area contributed by atoms with Crippen LogP contribution in [0.3, 0.4) is 0 Å². The third-order valence-corrected chi connectivity index (χ3v) is 14.4. The highest BCUT2D eigenvalue weighted by Gasteiger charge is 2.60. The topological polar surface area (TPSA) is 397 Å². The van der Waals surface area contributed by atoms with E-state index in [1.165, 1.54) is 107 Å². The van der Waals surface area contributed by atoms with Gasteiger partial charge >= 0.3 is 11.9 Å². The van der Waals surface area contributed by atoms with E-state index in [9.17, 15) is 82.8 Å². The zero-order valence-electron chi connectivity index (χ0n) is 44.5. The second-order valence-corrected chi connectivity index (χ2v) is 20.1. The van der Waals surface area contributed by atoms with E-state index in [2.05, 4.69) is 21.1 Å². The van der Waals surface area contributed by atoms with Crippen LogP contribution in [0.15, 0.2) is 107 Å². The number of nitrogens with zero attached hydrogens (tertiary/aromatic N) is 10. The van der Waals surface area contributed by atoms with Crippen molar-refractivity contribution in [3.8, 4) is 0 Å². The Morgan fingerprint density at radius 2 is 0.925 bits per heavy atom. The molecule has 2 aliphatic rings. The molecule has 0 spiro atoms. The van der Waals surface area contributed by atoms with Gasteiger partial charge < -0.3 is 10.2 Å². The van der Waals surface area contributed by atoms with Crippen molar-refractivity contribution >= 4 is 90.8 Å². The molecule has 4 aromatic carbocycles. The Morgan fingerprint density at radius 1 is 0.588 bits per heavy atom. The fraction of sp³-hybridized carbons (Fsp3) is 0.400. The number of hydrogen-bond donors (Lipinski definition) is 5. The molecule has 0 saturated carbocycles. The number of hydrogen-bond acceptors (Lipinski definition) is 22. The summed E-state index contributed by atoms with van der Waals surface area (Å²) in [5, 5.41) is 77.0. The van der Waals surface area contributed by atoms with Gasteiger partial charge in [-0.2, -0.15) is 28.9 Å². The smallest absolute Gasteiger partial charge is 0.328 e. The van der Waals surface area contributed by atoms with E-state index in [-0.39, 0.29) is 64.2 Å². The van der Waals surface area contributed by atoms with Gasteiger partial charge in [0.2, 0.25) is 16.4 Å². The number of hydrazine groups is 4. The molecule has 80 heavy (non-hydrogen) atoms. The van der Waals surface area contributed by atoms with Gasteiger partial charge in [-0.05, 0) is 48.9 Å². The number of ketones is 2. The highest BCUT2D eigenvalue weighted by molar-refractivity contribution is 7.88. The molecule has 0 aromatic heterocycles. The molecule has 0 bridgehead atoms. The van der Waals surface area contributed by atoms with E-state index in [0.29, 0.717) is 48.4 Å². The first-order valence-electron chi connectivity index (χ1n) is 25.1. The molecule has 2 aliphatic heterocycles. The molecule has 30 heteroatoms. The van der Waals surface area contributed by atoms with Crippen LogP contribution in [0.5, 0.6) is 0 Å². The maximum Gasteiger partial charge on any atom is 0.328 e. The Balaban J connectivity index is 0.000000258. The van der Waals surface area contributed by atoms with Crippen molar-refractivity contribution in [1.29, 1.82) is 0 Å². The summed E-state index contributed by atoms with van der Waals surface area (Å²) in [6.45, 7) is 10.3. The number of hydrazone groups is 2. The van der Waals surface area contributed by atoms with E-state index >= 15 is 0 Å². The van der Waals surface area contributed by atoms with Crippen LogP contribution in [-0.2, 0) is 29.3 Å². The minimum atomic E-state index is -5.15. The molecular formula is C50H62N12O17S. The first-order valence-corrected chi connectivity index (χ1v) is 26.5. The molecule has 0 radical (unpaired) electrons. The molecule has 2 heterocycles. The summed E-state index contributed by atoms with van der Waals surface area (Å²) in [6.07, 6.45) is 5.37. The summed E-state index contributed by atoms with van der Waals surface area (Å²) in [5.41, 5.74) is 6.10. The monoisotopic (exact) mass is 1130 g/mol. The SMILES string of the molecule is CC(=O)C1=NN(c2cccc([N+](=O)[O-])c2)N(c2cccc([N+](=O)[O-])c2)N1.CC(=O)C1=NN(c2cccc([N+](=O)[O-])c2)N(c2cccc([N+](=O)[O-])c2)N1.CCCCC(CC)CC(C(=O)O)C(CC(CC)CCCC)(C(=O)O)S(=O)(=O)O. The van der Waals surface area contributed by atoms with E-state index in [1.54, 1.807) is 24.3 Å². The molecule has 4 atom stereocenters. The molecule has 29 nitrogen and oxygen atoms in total. The summed E-state index contributed by atoms with van der Waals surface area (Å²) < 4.78 is 32.0. The van der Waals surface area contributed by atoms with Crippen LogP contribution in [-0.4, -0.2) is 82.8 Å². The highest BCUT2D eigenvalue weighted by Crippen LogP contribution is 2.41. The van der Waals surface area contributed by atoms with Crippen LogP contribution in [0.25, 0.3) is 0 Å². The number of carbonyl (C=O) groups excluding carboxylic acids is 2. The minimum absolute atomic E-state index is 0.0111. The quantitative estimate of drug-likeness (QED) is 0.0222. The largest absolute Gasteiger partial charge is 0.481 e. The van der Waals surface area contributed by atoms with Gasteiger partial charge in [0.1, 0.15) is 0 Å². The number of benzene rings is 4. The van der Waals surface area contributed by atoms with Crippen molar-refractivity contribution in [3.63, 3.8) is 0 Å². The number of carboxylic acid groups (broad SMARTS) is 2. The molecule has 6 rings (SSSR count). The van der Waals surface area contributed by atoms with Crippen LogP contribution in [0.2, 0.25) is 0 Å². The zero-order chi connectivity index (χ0) is 59.6. The van der Waals surface area contributed by atoms with Gasteiger partial charge in [-0.15, -0.1) is 10.2 Å². The molecular weight excluding hydrogens is 1070 g/mol. The van der Waals surface area contributed by atoms with Crippen molar-refractivity contribution in [2.24, 2.45) is 28.0 Å². The maximum absolute atomic E-state index is 12.4. The number of rotatable bonds is 26. The average molecular weight is 1140 g/mol. The number of nitro benzene ring substituents is 4. The second kappa shape index (κ2) is 28.4. The van der Waals surface area contributed by atoms with E-state index in [4.69, 9.17) is 0 Å². The van der Waals surface area contributed by atoms with Gasteiger partial charge in [-0.1, -0.05) is 103 Å². The van der Waals surface area contributed by atoms with Gasteiger partial charge in [0.05, 0.1) is 48.4 Å². The van der Waals surface area contributed by atoms with Crippen LogP contribution in [0.1, 0.15) is 106 Å². The van der Waals surface area contributed by atoms with Gasteiger partial charge in [0, 0.05) is 62.4 Å². The summed E-state index contributed by atoms with van der Waals surface area (Å²) in [4.78, 5) is 89.5. The lowest BCUT2D eigenvalue weighted by molar-refractivity contribution is -0.385. The summed E-state index contributed by atoms with van der Waals surface area (Å²) in [6, 6.07) is 22.6. The normalized spacial score (nSPS) is 14.7. The summed E-state index contributed by atoms with van der Waals surface area (Å²) in [7, 11) is -5.15. The predicted octanol–water partition coefficient (Wildman–Crippen LogP) is 8.91. The van der Waals surface area contributed by atoms with Gasteiger partial charge in [-0.25, -0.2) is 0 Å². The Labute approximate surface area is 458 Å². The number of nitro groups is 4. The summed E-state index contributed by atoms with van der Waals surface area (Å²) >= 11 is 0. The Bertz CT molecular complexity index is 2970. The number of non-ortho nitro benzene ring substituents is 4. The van der Waals surface area contributed by atoms with Crippen molar-refractivity contribution in [2.45, 2.75) is 110 Å². The van der Waals surface area contributed by atoms with Crippen LogP contribution >= 0.6 is 0 Å². The van der Waals surface area contributed by atoms with Crippen molar-refractivity contribution in [2.75, 3.05) is 20.5 Å². The molecule has 5 N–H and O–H groups in total. The highest BCUT2D eigenvalue weighted by atomic mass is 32.2. The second-order valence-electron chi connectivity index (χ2n) is 18.4. The average Bonchev–Trinajstić information content (AvgIpc) is 4.09. The van der Waals surface area contributed by atoms with Crippen molar-refractivity contribution < 1.29 is 62.1 Å². The minimum Gasteiger partial charge on any atom is -0.481 e. The number of amidine groups is 2. The predicted molar refractivity (Wildman–Crippen MR) is 294 cm³/mol. The molecule has 0 amide bonds. The standard InChI is InChI=1S/C20H38O7S.2C15H12N6O5/c1-5-9-11-15(7-3)13-17(18(21)22)20(19(23)24,28(25,26)27)14-16(8-4)12-10-6-2;2*1-10(22)15-16-18(11-4-2-6-13(8-11)20(23)24)19(17-15)12-5-3-7-14(9-12)21(25)26/h15-17H,5-14H2,1-4H3,(H,21,22)(H,23,24)(H,25,26,27);2*2-9H,1H3,(H,16,17). The first-order chi connectivity index (χ1) is 37.7. The number of Topliss-reactive ketones (excluding diaryl/α,β-unsaturated/α-hetero) is 2. The van der Waals surface area contributed by atoms with E-state index < -0.39 is 58.8 Å². The maximum atomic E-state index is 12.4. The Morgan fingerprint density at radius 3 is 1.21 bits per heavy atom. The fourth-order valence-electron chi connectivity index (χ4n) is 8.50. The third-order valence-electron chi connectivity index (χ3n) is 12.9. The Hall–Kier alpha value is -9.19. The molecule has 4 unspecified atom stereocenters. The molecule has 0 aliphatic carbocycles. The fourth-order valence-corrected chi connectivity index (χ4v) is 9.73. The molecule has 0 fully saturated rings. The number of nitrogens with one attached hydrogen (secondary N) is 2. The lowest BCUT2D eigenvalue weighted by Crippen LogP contribution is -2.56. The Kier molecular flexibility index (Phi) is 22.5. The molecule has 4 aromatic rings. The number of carboxylic acids is 2. The number of carbonyl (C=O) groups is 4. The molecule has 430 valence electrons. The molecule has 0 saturated heterocycles. The number of unbranched alkanes of at least 4 members (excludes halogenated alkanes) is 2. The number of anilines is 4. The first kappa shape index (κ1) is 63.3. The number of aliphatic carboxylic acids is 2.